The molecule has 0 bridgehead atoms. The van der Waals surface area contributed by atoms with E-state index in [2.05, 4.69) is 41.4 Å². The van der Waals surface area contributed by atoms with Crippen LogP contribution in [0.4, 0.5) is 0 Å². The maximum Gasteiger partial charge on any atom is 0.118 e. The molecule has 1 N–H and O–H groups in total. The lowest BCUT2D eigenvalue weighted by Gasteiger charge is -2.34. The summed E-state index contributed by atoms with van der Waals surface area (Å²) in [6.07, 6.45) is 1.04. The Balaban J connectivity index is 1.78. The van der Waals surface area contributed by atoms with E-state index in [4.69, 9.17) is 4.74 Å². The quantitative estimate of drug-likeness (QED) is 0.868. The third-order valence-electron chi connectivity index (χ3n) is 3.61. The van der Waals surface area contributed by atoms with Crippen LogP contribution in [0.15, 0.2) is 24.3 Å². The summed E-state index contributed by atoms with van der Waals surface area (Å²) >= 11 is 0. The SMILES string of the molecule is COc1ccc(C[C@H](C)NN2CCN(C)CC2)cc1. The number of nitrogens with one attached hydrogen (secondary N) is 1. The van der Waals surface area contributed by atoms with Crippen LogP contribution in [-0.4, -0.2) is 56.3 Å². The molecule has 1 aromatic carbocycles. The highest BCUT2D eigenvalue weighted by Crippen LogP contribution is 2.12. The van der Waals surface area contributed by atoms with Gasteiger partial charge in [0.1, 0.15) is 5.75 Å². The lowest BCUT2D eigenvalue weighted by Crippen LogP contribution is -2.53. The van der Waals surface area contributed by atoms with Gasteiger partial charge in [0.05, 0.1) is 7.11 Å². The summed E-state index contributed by atoms with van der Waals surface area (Å²) in [6.45, 7) is 6.72. The standard InChI is InChI=1S/C15H25N3O/c1-13(16-18-10-8-17(2)9-11-18)12-14-4-6-15(19-3)7-5-14/h4-7,13,16H,8-12H2,1-3H3/t13-/m0/s1. The lowest BCUT2D eigenvalue weighted by atomic mass is 10.1. The molecule has 1 heterocycles. The zero-order chi connectivity index (χ0) is 13.7. The summed E-state index contributed by atoms with van der Waals surface area (Å²) in [5.74, 6) is 0.920. The van der Waals surface area contributed by atoms with Gasteiger partial charge in [-0.1, -0.05) is 12.1 Å². The topological polar surface area (TPSA) is 27.7 Å². The van der Waals surface area contributed by atoms with Gasteiger partial charge < -0.3 is 9.64 Å². The second-order valence-corrected chi connectivity index (χ2v) is 5.37. The molecule has 0 unspecified atom stereocenters. The Labute approximate surface area is 116 Å². The fourth-order valence-electron chi connectivity index (χ4n) is 2.41. The van der Waals surface area contributed by atoms with E-state index in [-0.39, 0.29) is 0 Å². The largest absolute Gasteiger partial charge is 0.497 e. The molecule has 0 aliphatic carbocycles. The Morgan fingerprint density at radius 2 is 1.79 bits per heavy atom. The van der Waals surface area contributed by atoms with E-state index in [0.29, 0.717) is 6.04 Å². The van der Waals surface area contributed by atoms with Crippen LogP contribution in [0.5, 0.6) is 5.75 Å². The summed E-state index contributed by atoms with van der Waals surface area (Å²) in [6, 6.07) is 8.79. The number of benzene rings is 1. The number of hydrazine groups is 1. The van der Waals surface area contributed by atoms with Gasteiger partial charge in [-0.2, -0.15) is 0 Å². The molecule has 1 atom stereocenters. The van der Waals surface area contributed by atoms with E-state index in [1.54, 1.807) is 7.11 Å². The van der Waals surface area contributed by atoms with Gasteiger partial charge in [-0.25, -0.2) is 5.01 Å². The van der Waals surface area contributed by atoms with E-state index in [0.717, 1.165) is 38.3 Å². The average molecular weight is 263 g/mol. The molecule has 106 valence electrons. The van der Waals surface area contributed by atoms with Crippen molar-refractivity contribution in [2.75, 3.05) is 40.3 Å². The molecular formula is C15H25N3O. The minimum absolute atomic E-state index is 0.455. The summed E-state index contributed by atoms with van der Waals surface area (Å²) in [5, 5.41) is 2.34. The van der Waals surface area contributed by atoms with Gasteiger partial charge >= 0.3 is 0 Å². The number of nitrogens with zero attached hydrogens (tertiary/aromatic N) is 2. The van der Waals surface area contributed by atoms with Crippen LogP contribution in [0.3, 0.4) is 0 Å². The highest BCUT2D eigenvalue weighted by molar-refractivity contribution is 5.27. The van der Waals surface area contributed by atoms with E-state index in [9.17, 15) is 0 Å². The third kappa shape index (κ3) is 4.49. The van der Waals surface area contributed by atoms with Crippen molar-refractivity contribution in [1.82, 2.24) is 15.3 Å². The molecule has 1 saturated heterocycles. The number of hydrogen-bond donors (Lipinski definition) is 1. The predicted octanol–water partition coefficient (Wildman–Crippen LogP) is 1.38. The number of likely N-dealkylation sites (N-methyl/N-ethyl adjacent to an activating group) is 1. The Bertz CT molecular complexity index is 371. The predicted molar refractivity (Wildman–Crippen MR) is 78.4 cm³/mol. The first-order chi connectivity index (χ1) is 9.17. The van der Waals surface area contributed by atoms with Crippen LogP contribution >= 0.6 is 0 Å². The fraction of sp³-hybridized carbons (Fsp3) is 0.600. The van der Waals surface area contributed by atoms with E-state index >= 15 is 0 Å². The number of ether oxygens (including phenoxy) is 1. The van der Waals surface area contributed by atoms with Crippen molar-refractivity contribution in [3.63, 3.8) is 0 Å². The summed E-state index contributed by atoms with van der Waals surface area (Å²) in [7, 11) is 3.88. The number of hydrogen-bond acceptors (Lipinski definition) is 4. The van der Waals surface area contributed by atoms with Crippen LogP contribution < -0.4 is 10.2 Å². The minimum atomic E-state index is 0.455. The molecule has 0 radical (unpaired) electrons. The lowest BCUT2D eigenvalue weighted by molar-refractivity contribution is 0.0899. The van der Waals surface area contributed by atoms with Crippen molar-refractivity contribution < 1.29 is 4.74 Å². The van der Waals surface area contributed by atoms with Crippen molar-refractivity contribution in [2.45, 2.75) is 19.4 Å². The van der Waals surface area contributed by atoms with Crippen molar-refractivity contribution in [3.8, 4) is 5.75 Å². The molecule has 0 saturated carbocycles. The van der Waals surface area contributed by atoms with Gasteiger partial charge in [0, 0.05) is 32.2 Å². The molecule has 1 aromatic rings. The highest BCUT2D eigenvalue weighted by atomic mass is 16.5. The number of rotatable bonds is 5. The summed E-state index contributed by atoms with van der Waals surface area (Å²) in [5.41, 5.74) is 4.93. The van der Waals surface area contributed by atoms with Crippen molar-refractivity contribution in [1.29, 1.82) is 0 Å². The highest BCUT2D eigenvalue weighted by Gasteiger charge is 2.15. The Hall–Kier alpha value is -1.10. The Morgan fingerprint density at radius 1 is 1.16 bits per heavy atom. The monoisotopic (exact) mass is 263 g/mol. The molecular weight excluding hydrogens is 238 g/mol. The van der Waals surface area contributed by atoms with E-state index in [1.165, 1.54) is 5.56 Å². The fourth-order valence-corrected chi connectivity index (χ4v) is 2.41. The second kappa shape index (κ2) is 6.89. The summed E-state index contributed by atoms with van der Waals surface area (Å²) in [4.78, 5) is 2.37. The first-order valence-electron chi connectivity index (χ1n) is 7.00. The maximum absolute atomic E-state index is 5.18. The van der Waals surface area contributed by atoms with Gasteiger partial charge in [-0.15, -0.1) is 0 Å². The van der Waals surface area contributed by atoms with Crippen LogP contribution in [0.1, 0.15) is 12.5 Å². The molecule has 0 amide bonds. The normalized spacial score (nSPS) is 19.3. The smallest absolute Gasteiger partial charge is 0.118 e. The first-order valence-corrected chi connectivity index (χ1v) is 7.00. The van der Waals surface area contributed by atoms with Crippen molar-refractivity contribution in [2.24, 2.45) is 0 Å². The molecule has 1 aliphatic heterocycles. The van der Waals surface area contributed by atoms with Gasteiger partial charge in [-0.3, -0.25) is 5.43 Å². The molecule has 1 fully saturated rings. The Kier molecular flexibility index (Phi) is 5.19. The van der Waals surface area contributed by atoms with E-state index < -0.39 is 0 Å². The zero-order valence-corrected chi connectivity index (χ0v) is 12.2. The molecule has 4 nitrogen and oxygen atoms in total. The Morgan fingerprint density at radius 3 is 2.37 bits per heavy atom. The molecule has 0 aromatic heterocycles. The van der Waals surface area contributed by atoms with E-state index in [1.807, 2.05) is 12.1 Å². The maximum atomic E-state index is 5.18. The summed E-state index contributed by atoms with van der Waals surface area (Å²) < 4.78 is 5.18. The van der Waals surface area contributed by atoms with Gasteiger partial charge in [0.15, 0.2) is 0 Å². The zero-order valence-electron chi connectivity index (χ0n) is 12.2. The molecule has 19 heavy (non-hydrogen) atoms. The molecule has 0 spiro atoms. The van der Waals surface area contributed by atoms with Gasteiger partial charge in [0.25, 0.3) is 0 Å². The number of methoxy groups -OCH3 is 1. The van der Waals surface area contributed by atoms with Gasteiger partial charge in [-0.05, 0) is 38.1 Å². The van der Waals surface area contributed by atoms with Gasteiger partial charge in [0.2, 0.25) is 0 Å². The average Bonchev–Trinajstić information content (AvgIpc) is 2.42. The molecule has 4 heteroatoms. The van der Waals surface area contributed by atoms with Crippen molar-refractivity contribution in [3.05, 3.63) is 29.8 Å². The molecule has 1 aliphatic rings. The first kappa shape index (κ1) is 14.3. The van der Waals surface area contributed by atoms with Crippen LogP contribution in [0.2, 0.25) is 0 Å². The molecule has 2 rings (SSSR count). The third-order valence-corrected chi connectivity index (χ3v) is 3.61. The van der Waals surface area contributed by atoms with Crippen LogP contribution in [0, 0.1) is 0 Å². The van der Waals surface area contributed by atoms with Crippen LogP contribution in [-0.2, 0) is 6.42 Å². The minimum Gasteiger partial charge on any atom is -0.497 e. The van der Waals surface area contributed by atoms with Crippen LogP contribution in [0.25, 0.3) is 0 Å². The second-order valence-electron chi connectivity index (χ2n) is 5.37. The number of piperazine rings is 1. The van der Waals surface area contributed by atoms with Crippen molar-refractivity contribution >= 4 is 0 Å².